The zero-order chi connectivity index (χ0) is 21.3. The van der Waals surface area contributed by atoms with Gasteiger partial charge in [-0.05, 0) is 42.2 Å². The summed E-state index contributed by atoms with van der Waals surface area (Å²) >= 11 is 5.99. The van der Waals surface area contributed by atoms with Gasteiger partial charge in [0.2, 0.25) is 0 Å². The summed E-state index contributed by atoms with van der Waals surface area (Å²) in [7, 11) is 1.46. The fraction of sp³-hybridized carbons (Fsp3) is 0.174. The van der Waals surface area contributed by atoms with E-state index in [0.29, 0.717) is 40.6 Å². The standard InChI is InChI=1S/C23H19ClN2O4/c1-30-21-8-7-15(24)11-19(21)26-23(29)17-12-16-18(25-22(17)28)9-14(10-20(16)27)13-5-3-2-4-6-13/h2-8,11-12,14H,9-10H2,1H3,(H,25,28)(H,26,29)/t14-/m0/s1. The van der Waals surface area contributed by atoms with Crippen LogP contribution in [-0.2, 0) is 6.42 Å². The number of aromatic amines is 1. The summed E-state index contributed by atoms with van der Waals surface area (Å²) in [5.41, 5.74) is 1.64. The van der Waals surface area contributed by atoms with Crippen molar-refractivity contribution in [3.8, 4) is 5.75 Å². The first-order valence-electron chi connectivity index (χ1n) is 9.45. The maximum absolute atomic E-state index is 12.8. The number of Topliss-reactive ketones (excluding diaryl/α,β-unsaturated/α-hetero) is 1. The lowest BCUT2D eigenvalue weighted by Gasteiger charge is -2.24. The van der Waals surface area contributed by atoms with E-state index in [0.717, 1.165) is 5.56 Å². The Bertz CT molecular complexity index is 1190. The highest BCUT2D eigenvalue weighted by Gasteiger charge is 2.29. The third-order valence-corrected chi connectivity index (χ3v) is 5.47. The number of carbonyl (C=O) groups excluding carboxylic acids is 2. The molecule has 30 heavy (non-hydrogen) atoms. The highest BCUT2D eigenvalue weighted by atomic mass is 35.5. The molecule has 6 nitrogen and oxygen atoms in total. The second-order valence-electron chi connectivity index (χ2n) is 7.14. The van der Waals surface area contributed by atoms with Crippen LogP contribution in [0.5, 0.6) is 5.75 Å². The Kier molecular flexibility index (Phi) is 5.42. The molecule has 3 aromatic rings. The van der Waals surface area contributed by atoms with Crippen molar-refractivity contribution >= 4 is 29.0 Å². The van der Waals surface area contributed by atoms with Crippen molar-refractivity contribution in [3.05, 3.63) is 92.4 Å². The van der Waals surface area contributed by atoms with E-state index >= 15 is 0 Å². The van der Waals surface area contributed by atoms with Crippen LogP contribution in [0.3, 0.4) is 0 Å². The molecule has 0 saturated carbocycles. The molecule has 0 saturated heterocycles. The van der Waals surface area contributed by atoms with Gasteiger partial charge < -0.3 is 15.0 Å². The first-order chi connectivity index (χ1) is 14.5. The van der Waals surface area contributed by atoms with Gasteiger partial charge in [-0.2, -0.15) is 0 Å². The number of amides is 1. The van der Waals surface area contributed by atoms with Gasteiger partial charge in [0.1, 0.15) is 11.3 Å². The lowest BCUT2D eigenvalue weighted by Crippen LogP contribution is -2.29. The molecule has 1 aromatic heterocycles. The Labute approximate surface area is 177 Å². The minimum Gasteiger partial charge on any atom is -0.495 e. The topological polar surface area (TPSA) is 88.3 Å². The average molecular weight is 423 g/mol. The van der Waals surface area contributed by atoms with E-state index in [1.54, 1.807) is 12.1 Å². The normalized spacial score (nSPS) is 15.4. The molecule has 1 aliphatic carbocycles. The summed E-state index contributed by atoms with van der Waals surface area (Å²) in [5.74, 6) is -0.338. The number of pyridine rings is 1. The Hall–Kier alpha value is -3.38. The molecule has 0 radical (unpaired) electrons. The highest BCUT2D eigenvalue weighted by Crippen LogP contribution is 2.32. The lowest BCUT2D eigenvalue weighted by atomic mass is 9.81. The largest absolute Gasteiger partial charge is 0.495 e. The quantitative estimate of drug-likeness (QED) is 0.659. The van der Waals surface area contributed by atoms with Gasteiger partial charge in [-0.15, -0.1) is 0 Å². The predicted molar refractivity (Wildman–Crippen MR) is 115 cm³/mol. The van der Waals surface area contributed by atoms with Crippen molar-refractivity contribution in [3.63, 3.8) is 0 Å². The van der Waals surface area contributed by atoms with E-state index in [9.17, 15) is 14.4 Å². The van der Waals surface area contributed by atoms with Crippen LogP contribution in [0, 0.1) is 0 Å². The zero-order valence-corrected chi connectivity index (χ0v) is 17.0. The van der Waals surface area contributed by atoms with Gasteiger partial charge in [-0.1, -0.05) is 41.9 Å². The number of carbonyl (C=O) groups is 2. The lowest BCUT2D eigenvalue weighted by molar-refractivity contribution is 0.0963. The molecule has 1 heterocycles. The minimum atomic E-state index is -0.641. The molecule has 4 rings (SSSR count). The number of benzene rings is 2. The monoisotopic (exact) mass is 422 g/mol. The molecule has 1 amide bonds. The first-order valence-corrected chi connectivity index (χ1v) is 9.83. The molecule has 7 heteroatoms. The molecule has 1 aliphatic rings. The average Bonchev–Trinajstić information content (AvgIpc) is 2.74. The predicted octanol–water partition coefficient (Wildman–Crippen LogP) is 4.20. The van der Waals surface area contributed by atoms with Gasteiger partial charge in [-0.3, -0.25) is 14.4 Å². The number of H-pyrrole nitrogens is 1. The van der Waals surface area contributed by atoms with Crippen molar-refractivity contribution in [2.24, 2.45) is 0 Å². The Balaban J connectivity index is 1.64. The highest BCUT2D eigenvalue weighted by molar-refractivity contribution is 6.31. The minimum absolute atomic E-state index is 0.00255. The number of halogens is 1. The van der Waals surface area contributed by atoms with Crippen molar-refractivity contribution in [2.45, 2.75) is 18.8 Å². The summed E-state index contributed by atoms with van der Waals surface area (Å²) in [6.45, 7) is 0. The molecule has 0 fully saturated rings. The number of fused-ring (bicyclic) bond motifs is 1. The first kappa shape index (κ1) is 19.9. The molecule has 0 bridgehead atoms. The number of methoxy groups -OCH3 is 1. The van der Waals surface area contributed by atoms with Crippen LogP contribution in [-0.4, -0.2) is 23.8 Å². The fourth-order valence-electron chi connectivity index (χ4n) is 3.73. The summed E-state index contributed by atoms with van der Waals surface area (Å²) in [5, 5.41) is 3.05. The Morgan fingerprint density at radius 1 is 1.10 bits per heavy atom. The van der Waals surface area contributed by atoms with Crippen LogP contribution in [0.1, 0.15) is 44.3 Å². The van der Waals surface area contributed by atoms with Gasteiger partial charge in [0, 0.05) is 22.7 Å². The van der Waals surface area contributed by atoms with Crippen LogP contribution >= 0.6 is 11.6 Å². The van der Waals surface area contributed by atoms with Gasteiger partial charge in [0.15, 0.2) is 5.78 Å². The van der Waals surface area contributed by atoms with Gasteiger partial charge in [-0.25, -0.2) is 0 Å². The maximum Gasteiger partial charge on any atom is 0.261 e. The molecule has 0 unspecified atom stereocenters. The van der Waals surface area contributed by atoms with Crippen molar-refractivity contribution in [2.75, 3.05) is 12.4 Å². The van der Waals surface area contributed by atoms with E-state index in [1.807, 2.05) is 30.3 Å². The van der Waals surface area contributed by atoms with Crippen molar-refractivity contribution in [1.82, 2.24) is 4.98 Å². The SMILES string of the molecule is COc1ccc(Cl)cc1NC(=O)c1cc2c([nH]c1=O)C[C@H](c1ccccc1)CC2=O. The van der Waals surface area contributed by atoms with Crippen LogP contribution in [0.15, 0.2) is 59.4 Å². The molecular formula is C23H19ClN2O4. The van der Waals surface area contributed by atoms with E-state index < -0.39 is 11.5 Å². The summed E-state index contributed by atoms with van der Waals surface area (Å²) in [6, 6.07) is 15.9. The number of nitrogens with one attached hydrogen (secondary N) is 2. The second kappa shape index (κ2) is 8.16. The van der Waals surface area contributed by atoms with Crippen LogP contribution in [0.25, 0.3) is 0 Å². The summed E-state index contributed by atoms with van der Waals surface area (Å²) < 4.78 is 5.22. The van der Waals surface area contributed by atoms with Gasteiger partial charge in [0.25, 0.3) is 11.5 Å². The molecule has 2 aromatic carbocycles. The number of anilines is 1. The Morgan fingerprint density at radius 2 is 1.87 bits per heavy atom. The van der Waals surface area contributed by atoms with Crippen molar-refractivity contribution < 1.29 is 14.3 Å². The van der Waals surface area contributed by atoms with Crippen LogP contribution in [0.4, 0.5) is 5.69 Å². The number of hydrogen-bond donors (Lipinski definition) is 2. The van der Waals surface area contributed by atoms with Gasteiger partial charge in [0.05, 0.1) is 12.8 Å². The molecule has 152 valence electrons. The van der Waals surface area contributed by atoms with E-state index in [-0.39, 0.29) is 17.3 Å². The third-order valence-electron chi connectivity index (χ3n) is 5.23. The van der Waals surface area contributed by atoms with Crippen molar-refractivity contribution in [1.29, 1.82) is 0 Å². The molecular weight excluding hydrogens is 404 g/mol. The molecule has 2 N–H and O–H groups in total. The smallest absolute Gasteiger partial charge is 0.261 e. The van der Waals surface area contributed by atoms with E-state index in [2.05, 4.69) is 10.3 Å². The maximum atomic E-state index is 12.8. The zero-order valence-electron chi connectivity index (χ0n) is 16.2. The second-order valence-corrected chi connectivity index (χ2v) is 7.58. The van der Waals surface area contributed by atoms with E-state index in [4.69, 9.17) is 16.3 Å². The molecule has 1 atom stereocenters. The number of ketones is 1. The number of hydrogen-bond acceptors (Lipinski definition) is 4. The third kappa shape index (κ3) is 3.86. The number of aromatic nitrogens is 1. The Morgan fingerprint density at radius 3 is 2.60 bits per heavy atom. The van der Waals surface area contributed by atoms with Crippen LogP contribution in [0.2, 0.25) is 5.02 Å². The van der Waals surface area contributed by atoms with Gasteiger partial charge >= 0.3 is 0 Å². The number of ether oxygens (including phenoxy) is 1. The number of rotatable bonds is 4. The molecule has 0 spiro atoms. The molecule has 0 aliphatic heterocycles. The van der Waals surface area contributed by atoms with Crippen LogP contribution < -0.4 is 15.6 Å². The fourth-order valence-corrected chi connectivity index (χ4v) is 3.90. The summed E-state index contributed by atoms with van der Waals surface area (Å²) in [6.07, 6.45) is 0.858. The summed E-state index contributed by atoms with van der Waals surface area (Å²) in [4.78, 5) is 40.9. The van der Waals surface area contributed by atoms with E-state index in [1.165, 1.54) is 19.2 Å².